The number of benzene rings is 1. The van der Waals surface area contributed by atoms with E-state index in [-0.39, 0.29) is 16.9 Å². The first-order valence-electron chi connectivity index (χ1n) is 11.0. The summed E-state index contributed by atoms with van der Waals surface area (Å²) in [6.45, 7) is 3.71. The normalized spacial score (nSPS) is 10.4. The van der Waals surface area contributed by atoms with E-state index in [1.165, 1.54) is 64.7 Å². The molecule has 0 aromatic heterocycles. The van der Waals surface area contributed by atoms with Gasteiger partial charge in [0.2, 0.25) is 11.8 Å². The van der Waals surface area contributed by atoms with Gasteiger partial charge in [-0.15, -0.1) is 0 Å². The molecule has 0 heterocycles. The molecule has 0 aliphatic rings. The van der Waals surface area contributed by atoms with E-state index in [0.717, 1.165) is 18.5 Å². The maximum absolute atomic E-state index is 12.0. The minimum Gasteiger partial charge on any atom is -0.332 e. The van der Waals surface area contributed by atoms with Crippen molar-refractivity contribution in [2.75, 3.05) is 10.6 Å². The molecule has 1 aromatic rings. The molecule has 0 radical (unpaired) electrons. The van der Waals surface area contributed by atoms with Crippen LogP contribution in [0, 0.1) is 0 Å². The molecule has 1 rings (SSSR count). The highest BCUT2D eigenvalue weighted by Crippen LogP contribution is 2.15. The standard InChI is InChI=1S/C23H37N3O2S/c1-3-4-5-6-7-8-9-10-11-12-13-17-22(28)26-23(29)25-21-16-14-15-20(18-21)24-19(2)27/h14-16,18H,3-13,17H2,1-2H3,(H,24,27)(H2,25,26,28,29). The summed E-state index contributed by atoms with van der Waals surface area (Å²) < 4.78 is 0. The third kappa shape index (κ3) is 13.8. The molecule has 162 valence electrons. The average Bonchev–Trinajstić information content (AvgIpc) is 2.65. The summed E-state index contributed by atoms with van der Waals surface area (Å²) in [4.78, 5) is 23.1. The Morgan fingerprint density at radius 3 is 1.90 bits per heavy atom. The second-order valence-corrected chi connectivity index (χ2v) is 7.96. The van der Waals surface area contributed by atoms with Gasteiger partial charge in [-0.2, -0.15) is 0 Å². The van der Waals surface area contributed by atoms with Crippen molar-refractivity contribution in [3.8, 4) is 0 Å². The Morgan fingerprint density at radius 2 is 1.34 bits per heavy atom. The molecule has 0 saturated heterocycles. The summed E-state index contributed by atoms with van der Waals surface area (Å²) >= 11 is 5.20. The summed E-state index contributed by atoms with van der Waals surface area (Å²) in [6, 6.07) is 7.20. The fraction of sp³-hybridized carbons (Fsp3) is 0.609. The summed E-state index contributed by atoms with van der Waals surface area (Å²) in [7, 11) is 0. The van der Waals surface area contributed by atoms with Crippen molar-refractivity contribution in [1.82, 2.24) is 5.32 Å². The van der Waals surface area contributed by atoms with Crippen molar-refractivity contribution in [3.63, 3.8) is 0 Å². The molecule has 0 spiro atoms. The molecule has 0 aliphatic heterocycles. The van der Waals surface area contributed by atoms with Crippen molar-refractivity contribution in [1.29, 1.82) is 0 Å². The molecule has 0 bridgehead atoms. The van der Waals surface area contributed by atoms with Crippen LogP contribution in [-0.4, -0.2) is 16.9 Å². The largest absolute Gasteiger partial charge is 0.332 e. The van der Waals surface area contributed by atoms with Crippen LogP contribution in [-0.2, 0) is 9.59 Å². The number of anilines is 2. The maximum atomic E-state index is 12.0. The Morgan fingerprint density at radius 1 is 0.828 bits per heavy atom. The highest BCUT2D eigenvalue weighted by molar-refractivity contribution is 7.80. The first kappa shape index (κ1) is 25.1. The Hall–Kier alpha value is -1.95. The maximum Gasteiger partial charge on any atom is 0.226 e. The quantitative estimate of drug-likeness (QED) is 0.249. The predicted octanol–water partition coefficient (Wildman–Crippen LogP) is 6.16. The molecule has 1 aromatic carbocycles. The first-order chi connectivity index (χ1) is 14.0. The predicted molar refractivity (Wildman–Crippen MR) is 126 cm³/mol. The number of unbranched alkanes of at least 4 members (excludes halogenated alkanes) is 10. The second kappa shape index (κ2) is 15.9. The zero-order valence-electron chi connectivity index (χ0n) is 18.0. The minimum atomic E-state index is -0.134. The fourth-order valence-electron chi connectivity index (χ4n) is 3.18. The van der Waals surface area contributed by atoms with Crippen LogP contribution >= 0.6 is 12.2 Å². The van der Waals surface area contributed by atoms with Gasteiger partial charge in [-0.3, -0.25) is 9.59 Å². The smallest absolute Gasteiger partial charge is 0.226 e. The van der Waals surface area contributed by atoms with Crippen LogP contribution in [0.1, 0.15) is 90.9 Å². The van der Waals surface area contributed by atoms with Crippen molar-refractivity contribution in [2.45, 2.75) is 90.9 Å². The lowest BCUT2D eigenvalue weighted by Gasteiger charge is -2.11. The lowest BCUT2D eigenvalue weighted by atomic mass is 10.1. The van der Waals surface area contributed by atoms with Gasteiger partial charge >= 0.3 is 0 Å². The number of rotatable bonds is 14. The fourth-order valence-corrected chi connectivity index (χ4v) is 3.41. The molecule has 29 heavy (non-hydrogen) atoms. The van der Waals surface area contributed by atoms with Gasteiger partial charge in [0.25, 0.3) is 0 Å². The van der Waals surface area contributed by atoms with Crippen LogP contribution in [0.2, 0.25) is 0 Å². The molecular weight excluding hydrogens is 382 g/mol. The van der Waals surface area contributed by atoms with E-state index in [2.05, 4.69) is 22.9 Å². The Labute approximate surface area is 181 Å². The van der Waals surface area contributed by atoms with Crippen molar-refractivity contribution < 1.29 is 9.59 Å². The summed E-state index contributed by atoms with van der Waals surface area (Å²) in [6.07, 6.45) is 14.4. The van der Waals surface area contributed by atoms with Gasteiger partial charge < -0.3 is 16.0 Å². The molecule has 6 heteroatoms. The van der Waals surface area contributed by atoms with Crippen LogP contribution in [0.4, 0.5) is 11.4 Å². The van der Waals surface area contributed by atoms with Gasteiger partial charge in [0.15, 0.2) is 5.11 Å². The third-order valence-corrected chi connectivity index (χ3v) is 4.91. The topological polar surface area (TPSA) is 70.2 Å². The van der Waals surface area contributed by atoms with E-state index in [9.17, 15) is 9.59 Å². The van der Waals surface area contributed by atoms with E-state index in [4.69, 9.17) is 12.2 Å². The van der Waals surface area contributed by atoms with Crippen molar-refractivity contribution in [2.24, 2.45) is 0 Å². The van der Waals surface area contributed by atoms with E-state index < -0.39 is 0 Å². The van der Waals surface area contributed by atoms with E-state index in [1.807, 2.05) is 12.1 Å². The Balaban J connectivity index is 2.08. The van der Waals surface area contributed by atoms with Crippen LogP contribution in [0.3, 0.4) is 0 Å². The Bertz CT molecular complexity index is 634. The number of amides is 2. The molecule has 0 aliphatic carbocycles. The zero-order valence-corrected chi connectivity index (χ0v) is 18.8. The number of nitrogens with one attached hydrogen (secondary N) is 3. The van der Waals surface area contributed by atoms with Gasteiger partial charge in [0.05, 0.1) is 0 Å². The van der Waals surface area contributed by atoms with Crippen LogP contribution in [0.5, 0.6) is 0 Å². The highest BCUT2D eigenvalue weighted by atomic mass is 32.1. The lowest BCUT2D eigenvalue weighted by Crippen LogP contribution is -2.33. The molecule has 0 saturated carbocycles. The second-order valence-electron chi connectivity index (χ2n) is 7.55. The van der Waals surface area contributed by atoms with E-state index >= 15 is 0 Å². The van der Waals surface area contributed by atoms with Gasteiger partial charge in [0, 0.05) is 24.7 Å². The third-order valence-electron chi connectivity index (χ3n) is 4.70. The van der Waals surface area contributed by atoms with Crippen molar-refractivity contribution in [3.05, 3.63) is 24.3 Å². The summed E-state index contributed by atoms with van der Waals surface area (Å²) in [5.41, 5.74) is 1.40. The molecule has 0 unspecified atom stereocenters. The number of thiocarbonyl (C=S) groups is 1. The molecular formula is C23H37N3O2S. The van der Waals surface area contributed by atoms with Crippen LogP contribution in [0.15, 0.2) is 24.3 Å². The summed E-state index contributed by atoms with van der Waals surface area (Å²) in [5.74, 6) is -0.193. The highest BCUT2D eigenvalue weighted by Gasteiger charge is 2.05. The number of carbonyl (C=O) groups is 2. The van der Waals surface area contributed by atoms with E-state index in [0.29, 0.717) is 12.1 Å². The Kier molecular flexibility index (Phi) is 13.8. The molecule has 0 atom stereocenters. The monoisotopic (exact) mass is 419 g/mol. The van der Waals surface area contributed by atoms with E-state index in [1.54, 1.807) is 12.1 Å². The van der Waals surface area contributed by atoms with Crippen LogP contribution in [0.25, 0.3) is 0 Å². The van der Waals surface area contributed by atoms with Crippen LogP contribution < -0.4 is 16.0 Å². The van der Waals surface area contributed by atoms with Gasteiger partial charge in [-0.05, 0) is 36.8 Å². The van der Waals surface area contributed by atoms with Gasteiger partial charge in [-0.25, -0.2) is 0 Å². The van der Waals surface area contributed by atoms with Gasteiger partial charge in [0.1, 0.15) is 0 Å². The molecule has 5 nitrogen and oxygen atoms in total. The molecule has 3 N–H and O–H groups in total. The molecule has 2 amide bonds. The summed E-state index contributed by atoms with van der Waals surface area (Å²) in [5, 5.41) is 8.69. The number of hydrogen-bond acceptors (Lipinski definition) is 3. The SMILES string of the molecule is CCCCCCCCCCCCCC(=O)NC(=S)Nc1cccc(NC(C)=O)c1. The first-order valence-corrected chi connectivity index (χ1v) is 11.4. The number of carbonyl (C=O) groups excluding carboxylic acids is 2. The van der Waals surface area contributed by atoms with Gasteiger partial charge in [-0.1, -0.05) is 77.2 Å². The average molecular weight is 420 g/mol. The number of hydrogen-bond donors (Lipinski definition) is 3. The zero-order chi connectivity index (χ0) is 21.3. The molecule has 0 fully saturated rings. The lowest BCUT2D eigenvalue weighted by molar-refractivity contribution is -0.119. The minimum absolute atomic E-state index is 0.0589. The van der Waals surface area contributed by atoms with Crippen molar-refractivity contribution >= 4 is 40.5 Å².